The maximum atomic E-state index is 13.5. The number of para-hydroxylation sites is 1. The average Bonchev–Trinajstić information content (AvgIpc) is 3.79. The van der Waals surface area contributed by atoms with Crippen LogP contribution in [0.25, 0.3) is 10.9 Å². The number of nitrogens with zero attached hydrogens (tertiary/aromatic N) is 4. The molecule has 5 rings (SSSR count). The molecular formula is C33H42N6O9. The summed E-state index contributed by atoms with van der Waals surface area (Å²) in [5, 5.41) is 15.5. The van der Waals surface area contributed by atoms with E-state index in [0.29, 0.717) is 42.8 Å². The Morgan fingerprint density at radius 2 is 1.73 bits per heavy atom. The van der Waals surface area contributed by atoms with Crippen LogP contribution in [0.3, 0.4) is 0 Å². The molecule has 3 heterocycles. The molecule has 0 bridgehead atoms. The van der Waals surface area contributed by atoms with Crippen molar-refractivity contribution in [2.24, 2.45) is 5.92 Å². The molecule has 2 atom stereocenters. The summed E-state index contributed by atoms with van der Waals surface area (Å²) in [5.41, 5.74) is 0.324. The van der Waals surface area contributed by atoms with Gasteiger partial charge in [0.15, 0.2) is 6.61 Å². The lowest BCUT2D eigenvalue weighted by Gasteiger charge is -2.35. The number of carboxylic acids is 1. The zero-order valence-corrected chi connectivity index (χ0v) is 27.0. The standard InChI is InChI=1S/C33H42N6O9/c1-2-47-33(46)38-16-14-37(15-17-38)32(45)24(11-12-29(41)42)36-30(43)25-18-27(22-6-3-4-7-23(22)35-25)48-20-28(40)39-13-5-8-26(39)31(44)34-19-21-9-10-21/h3-4,6-7,18,21,24,26H,2,5,8-17,19-20H2,1H3,(H,34,44)(H,36,43)(H,41,42). The van der Waals surface area contributed by atoms with Crippen LogP contribution >= 0.6 is 0 Å². The summed E-state index contributed by atoms with van der Waals surface area (Å²) >= 11 is 0. The number of piperazine rings is 1. The fourth-order valence-electron chi connectivity index (χ4n) is 5.93. The van der Waals surface area contributed by atoms with Crippen molar-refractivity contribution in [3.05, 3.63) is 36.0 Å². The highest BCUT2D eigenvalue weighted by molar-refractivity contribution is 5.99. The second-order valence-electron chi connectivity index (χ2n) is 12.2. The predicted molar refractivity (Wildman–Crippen MR) is 171 cm³/mol. The minimum absolute atomic E-state index is 0.0880. The zero-order chi connectivity index (χ0) is 34.2. The molecule has 5 amide bonds. The molecule has 1 saturated carbocycles. The maximum Gasteiger partial charge on any atom is 0.409 e. The van der Waals surface area contributed by atoms with Crippen LogP contribution in [0.4, 0.5) is 4.79 Å². The smallest absolute Gasteiger partial charge is 0.409 e. The van der Waals surface area contributed by atoms with Gasteiger partial charge in [-0.1, -0.05) is 12.1 Å². The molecule has 2 saturated heterocycles. The molecule has 1 aromatic carbocycles. The fourth-order valence-corrected chi connectivity index (χ4v) is 5.93. The van der Waals surface area contributed by atoms with Gasteiger partial charge in [-0.05, 0) is 57.1 Å². The Balaban J connectivity index is 1.26. The number of hydrogen-bond acceptors (Lipinski definition) is 9. The van der Waals surface area contributed by atoms with E-state index in [-0.39, 0.29) is 75.5 Å². The van der Waals surface area contributed by atoms with Crippen molar-refractivity contribution in [3.8, 4) is 5.75 Å². The third-order valence-electron chi connectivity index (χ3n) is 8.77. The van der Waals surface area contributed by atoms with Gasteiger partial charge in [-0.3, -0.25) is 24.0 Å². The minimum Gasteiger partial charge on any atom is -0.483 e. The fraction of sp³-hybridized carbons (Fsp3) is 0.545. The molecule has 0 spiro atoms. The first-order valence-electron chi connectivity index (χ1n) is 16.5. The Kier molecular flexibility index (Phi) is 11.3. The molecule has 15 heteroatoms. The van der Waals surface area contributed by atoms with Crippen molar-refractivity contribution < 1.29 is 43.3 Å². The molecule has 3 fully saturated rings. The number of amides is 5. The largest absolute Gasteiger partial charge is 0.483 e. The first kappa shape index (κ1) is 34.4. The number of hydrogen-bond donors (Lipinski definition) is 3. The van der Waals surface area contributed by atoms with Crippen LogP contribution in [-0.2, 0) is 23.9 Å². The van der Waals surface area contributed by atoms with Gasteiger partial charge < -0.3 is 39.9 Å². The predicted octanol–water partition coefficient (Wildman–Crippen LogP) is 1.39. The van der Waals surface area contributed by atoms with E-state index in [1.165, 1.54) is 20.8 Å². The molecule has 48 heavy (non-hydrogen) atoms. The average molecular weight is 667 g/mol. The molecule has 1 aliphatic carbocycles. The van der Waals surface area contributed by atoms with Crippen molar-refractivity contribution in [2.75, 3.05) is 52.5 Å². The van der Waals surface area contributed by atoms with Crippen LogP contribution in [-0.4, -0.2) is 125 Å². The van der Waals surface area contributed by atoms with Gasteiger partial charge in [0, 0.05) is 57.1 Å². The van der Waals surface area contributed by atoms with E-state index in [0.717, 1.165) is 12.8 Å². The first-order valence-corrected chi connectivity index (χ1v) is 16.5. The lowest BCUT2D eigenvalue weighted by molar-refractivity contribution is -0.140. The topological polar surface area (TPSA) is 188 Å². The summed E-state index contributed by atoms with van der Waals surface area (Å²) in [4.78, 5) is 85.4. The summed E-state index contributed by atoms with van der Waals surface area (Å²) in [5.74, 6) is -2.10. The lowest BCUT2D eigenvalue weighted by atomic mass is 10.1. The number of carbonyl (C=O) groups excluding carboxylic acids is 5. The Bertz CT molecular complexity index is 1540. The molecule has 15 nitrogen and oxygen atoms in total. The highest BCUT2D eigenvalue weighted by Gasteiger charge is 2.35. The van der Waals surface area contributed by atoms with Gasteiger partial charge >= 0.3 is 12.1 Å². The van der Waals surface area contributed by atoms with Gasteiger partial charge in [0.2, 0.25) is 11.8 Å². The number of ether oxygens (including phenoxy) is 2. The summed E-state index contributed by atoms with van der Waals surface area (Å²) < 4.78 is 11.0. The molecular weight excluding hydrogens is 624 g/mol. The first-order chi connectivity index (χ1) is 23.1. The SMILES string of the molecule is CCOC(=O)N1CCN(C(=O)C(CCC(=O)O)NC(=O)c2cc(OCC(=O)N3CCCC3C(=O)NCC3CC3)c3ccccc3n2)CC1. The van der Waals surface area contributed by atoms with Gasteiger partial charge in [0.05, 0.1) is 12.1 Å². The number of nitrogens with one attached hydrogen (secondary N) is 2. The van der Waals surface area contributed by atoms with Crippen molar-refractivity contribution in [2.45, 2.75) is 57.5 Å². The minimum atomic E-state index is -1.17. The number of carboxylic acid groups (broad SMARTS) is 1. The van der Waals surface area contributed by atoms with Crippen LogP contribution < -0.4 is 15.4 Å². The van der Waals surface area contributed by atoms with Crippen LogP contribution in [0.2, 0.25) is 0 Å². The number of fused-ring (bicyclic) bond motifs is 1. The van der Waals surface area contributed by atoms with E-state index in [1.54, 1.807) is 31.2 Å². The number of aliphatic carboxylic acids is 1. The van der Waals surface area contributed by atoms with Gasteiger partial charge in [-0.15, -0.1) is 0 Å². The molecule has 0 radical (unpaired) electrons. The van der Waals surface area contributed by atoms with E-state index in [4.69, 9.17) is 9.47 Å². The molecule has 258 valence electrons. The van der Waals surface area contributed by atoms with Crippen molar-refractivity contribution >= 4 is 46.6 Å². The number of carbonyl (C=O) groups is 6. The van der Waals surface area contributed by atoms with Gasteiger partial charge in [0.25, 0.3) is 11.8 Å². The highest BCUT2D eigenvalue weighted by Crippen LogP contribution is 2.28. The number of likely N-dealkylation sites (tertiary alicyclic amines) is 1. The van der Waals surface area contributed by atoms with Crippen LogP contribution in [0, 0.1) is 5.92 Å². The molecule has 2 aliphatic heterocycles. The van der Waals surface area contributed by atoms with Crippen molar-refractivity contribution in [1.82, 2.24) is 30.3 Å². The normalized spacial score (nSPS) is 18.3. The Morgan fingerprint density at radius 1 is 1.00 bits per heavy atom. The zero-order valence-electron chi connectivity index (χ0n) is 27.0. The third-order valence-corrected chi connectivity index (χ3v) is 8.77. The Hall–Kier alpha value is -4.95. The van der Waals surface area contributed by atoms with Crippen LogP contribution in [0.5, 0.6) is 5.75 Å². The second-order valence-corrected chi connectivity index (χ2v) is 12.2. The van der Waals surface area contributed by atoms with Crippen LogP contribution in [0.15, 0.2) is 30.3 Å². The van der Waals surface area contributed by atoms with Gasteiger partial charge in [-0.25, -0.2) is 9.78 Å². The molecule has 2 aromatic rings. The number of pyridine rings is 1. The van der Waals surface area contributed by atoms with E-state index >= 15 is 0 Å². The van der Waals surface area contributed by atoms with Crippen molar-refractivity contribution in [1.29, 1.82) is 0 Å². The summed E-state index contributed by atoms with van der Waals surface area (Å²) in [6, 6.07) is 6.58. The summed E-state index contributed by atoms with van der Waals surface area (Å²) in [6.45, 7) is 3.49. The number of rotatable bonds is 13. The highest BCUT2D eigenvalue weighted by atomic mass is 16.6. The molecule has 3 aliphatic rings. The monoisotopic (exact) mass is 666 g/mol. The Labute approximate surface area is 277 Å². The van der Waals surface area contributed by atoms with E-state index in [9.17, 15) is 33.9 Å². The van der Waals surface area contributed by atoms with Gasteiger partial charge in [0.1, 0.15) is 23.5 Å². The van der Waals surface area contributed by atoms with Crippen LogP contribution in [0.1, 0.15) is 55.9 Å². The Morgan fingerprint density at radius 3 is 2.44 bits per heavy atom. The third kappa shape index (κ3) is 8.69. The lowest BCUT2D eigenvalue weighted by Crippen LogP contribution is -2.56. The number of benzene rings is 1. The quantitative estimate of drug-likeness (QED) is 0.282. The van der Waals surface area contributed by atoms with Gasteiger partial charge in [-0.2, -0.15) is 0 Å². The summed E-state index contributed by atoms with van der Waals surface area (Å²) in [6.07, 6.45) is 2.50. The van der Waals surface area contributed by atoms with E-state index < -0.39 is 36.0 Å². The second kappa shape index (κ2) is 15.8. The van der Waals surface area contributed by atoms with E-state index in [2.05, 4.69) is 15.6 Å². The maximum absolute atomic E-state index is 13.5. The summed E-state index contributed by atoms with van der Waals surface area (Å²) in [7, 11) is 0. The molecule has 1 aromatic heterocycles. The molecule has 2 unspecified atom stereocenters. The molecule has 3 N–H and O–H groups in total. The number of aromatic nitrogens is 1. The van der Waals surface area contributed by atoms with E-state index in [1.807, 2.05) is 0 Å². The van der Waals surface area contributed by atoms with Crippen molar-refractivity contribution in [3.63, 3.8) is 0 Å².